The van der Waals surface area contributed by atoms with Gasteiger partial charge in [-0.05, 0) is 37.0 Å². The van der Waals surface area contributed by atoms with E-state index in [0.29, 0.717) is 18.7 Å². The summed E-state index contributed by atoms with van der Waals surface area (Å²) >= 11 is 0. The average molecular weight is 241 g/mol. The van der Waals surface area contributed by atoms with Gasteiger partial charge in [-0.3, -0.25) is 0 Å². The zero-order chi connectivity index (χ0) is 12.3. The van der Waals surface area contributed by atoms with E-state index in [1.807, 2.05) is 0 Å². The molecule has 1 aromatic rings. The van der Waals surface area contributed by atoms with E-state index in [2.05, 4.69) is 5.32 Å². The van der Waals surface area contributed by atoms with Crippen molar-refractivity contribution in [3.05, 3.63) is 35.4 Å². The van der Waals surface area contributed by atoms with Crippen LogP contribution < -0.4 is 5.32 Å². The maximum atomic E-state index is 13.0. The van der Waals surface area contributed by atoms with E-state index >= 15 is 0 Å². The molecule has 1 saturated carbocycles. The van der Waals surface area contributed by atoms with Crippen LogP contribution in [0.4, 0.5) is 8.78 Å². The summed E-state index contributed by atoms with van der Waals surface area (Å²) in [6.45, 7) is 0.568. The molecule has 1 fully saturated rings. The summed E-state index contributed by atoms with van der Waals surface area (Å²) in [5, 5.41) is 3.34. The SMILES string of the molecule is COC1CCC(NCc2ccc(F)c(F)c2)C1. The van der Waals surface area contributed by atoms with Gasteiger partial charge in [0.05, 0.1) is 6.10 Å². The van der Waals surface area contributed by atoms with Crippen LogP contribution in [0.5, 0.6) is 0 Å². The molecule has 17 heavy (non-hydrogen) atoms. The lowest BCUT2D eigenvalue weighted by Gasteiger charge is -2.12. The molecule has 2 rings (SSSR count). The molecule has 0 saturated heterocycles. The summed E-state index contributed by atoms with van der Waals surface area (Å²) in [5.41, 5.74) is 0.768. The highest BCUT2D eigenvalue weighted by molar-refractivity contribution is 5.17. The van der Waals surface area contributed by atoms with Gasteiger partial charge in [-0.2, -0.15) is 0 Å². The second kappa shape index (κ2) is 5.56. The van der Waals surface area contributed by atoms with Crippen LogP contribution in [0.15, 0.2) is 18.2 Å². The minimum atomic E-state index is -0.797. The van der Waals surface area contributed by atoms with Gasteiger partial charge >= 0.3 is 0 Å². The highest BCUT2D eigenvalue weighted by atomic mass is 19.2. The average Bonchev–Trinajstić information content (AvgIpc) is 2.79. The molecule has 1 aliphatic carbocycles. The van der Waals surface area contributed by atoms with Crippen LogP contribution in [0.1, 0.15) is 24.8 Å². The van der Waals surface area contributed by atoms with Gasteiger partial charge in [0.25, 0.3) is 0 Å². The highest BCUT2D eigenvalue weighted by Crippen LogP contribution is 2.21. The van der Waals surface area contributed by atoms with Crippen molar-refractivity contribution in [3.63, 3.8) is 0 Å². The van der Waals surface area contributed by atoms with Gasteiger partial charge in [-0.25, -0.2) is 8.78 Å². The predicted molar refractivity (Wildman–Crippen MR) is 61.6 cm³/mol. The fourth-order valence-electron chi connectivity index (χ4n) is 2.25. The molecule has 0 radical (unpaired) electrons. The molecule has 2 atom stereocenters. The Morgan fingerprint density at radius 2 is 2.12 bits per heavy atom. The highest BCUT2D eigenvalue weighted by Gasteiger charge is 2.23. The van der Waals surface area contributed by atoms with Crippen LogP contribution >= 0.6 is 0 Å². The van der Waals surface area contributed by atoms with Gasteiger partial charge in [0.2, 0.25) is 0 Å². The summed E-state index contributed by atoms with van der Waals surface area (Å²) in [7, 11) is 1.72. The molecule has 2 nitrogen and oxygen atoms in total. The fourth-order valence-corrected chi connectivity index (χ4v) is 2.25. The molecule has 2 unspecified atom stereocenters. The van der Waals surface area contributed by atoms with Crippen molar-refractivity contribution in [2.75, 3.05) is 7.11 Å². The number of rotatable bonds is 4. The number of halogens is 2. The zero-order valence-corrected chi connectivity index (χ0v) is 9.88. The Morgan fingerprint density at radius 1 is 1.29 bits per heavy atom. The van der Waals surface area contributed by atoms with E-state index in [9.17, 15) is 8.78 Å². The van der Waals surface area contributed by atoms with E-state index in [4.69, 9.17) is 4.74 Å². The third kappa shape index (κ3) is 3.23. The van der Waals surface area contributed by atoms with Gasteiger partial charge in [-0.1, -0.05) is 6.07 Å². The number of ether oxygens (including phenoxy) is 1. The molecule has 1 aliphatic rings. The Bertz CT molecular complexity index is 384. The van der Waals surface area contributed by atoms with Crippen molar-refractivity contribution in [3.8, 4) is 0 Å². The smallest absolute Gasteiger partial charge is 0.159 e. The fraction of sp³-hybridized carbons (Fsp3) is 0.538. The van der Waals surface area contributed by atoms with Crippen LogP contribution in [0.25, 0.3) is 0 Å². The topological polar surface area (TPSA) is 21.3 Å². The molecule has 0 heterocycles. The van der Waals surface area contributed by atoms with Crippen molar-refractivity contribution in [2.45, 2.75) is 38.0 Å². The first-order valence-corrected chi connectivity index (χ1v) is 5.89. The van der Waals surface area contributed by atoms with Gasteiger partial charge < -0.3 is 10.1 Å². The lowest BCUT2D eigenvalue weighted by molar-refractivity contribution is 0.107. The zero-order valence-electron chi connectivity index (χ0n) is 9.88. The Kier molecular flexibility index (Phi) is 4.07. The van der Waals surface area contributed by atoms with E-state index in [-0.39, 0.29) is 0 Å². The summed E-state index contributed by atoms with van der Waals surface area (Å²) in [6.07, 6.45) is 3.45. The normalized spacial score (nSPS) is 24.2. The van der Waals surface area contributed by atoms with Crippen molar-refractivity contribution >= 4 is 0 Å². The Balaban J connectivity index is 1.84. The molecule has 1 aromatic carbocycles. The second-order valence-corrected chi connectivity index (χ2v) is 4.50. The lowest BCUT2D eigenvalue weighted by atomic mass is 10.2. The van der Waals surface area contributed by atoms with Crippen LogP contribution in [0.2, 0.25) is 0 Å². The van der Waals surface area contributed by atoms with Crippen LogP contribution in [-0.4, -0.2) is 19.3 Å². The maximum absolute atomic E-state index is 13.0. The van der Waals surface area contributed by atoms with Crippen LogP contribution in [0.3, 0.4) is 0 Å². The lowest BCUT2D eigenvalue weighted by Crippen LogP contribution is -2.26. The number of methoxy groups -OCH3 is 1. The molecule has 0 bridgehead atoms. The first-order chi connectivity index (χ1) is 8.19. The summed E-state index contributed by atoms with van der Waals surface area (Å²) in [4.78, 5) is 0. The monoisotopic (exact) mass is 241 g/mol. The third-order valence-corrected chi connectivity index (χ3v) is 3.30. The molecular weight excluding hydrogens is 224 g/mol. The van der Waals surface area contributed by atoms with Crippen LogP contribution in [0, 0.1) is 11.6 Å². The van der Waals surface area contributed by atoms with E-state index < -0.39 is 11.6 Å². The number of nitrogens with one attached hydrogen (secondary N) is 1. The maximum Gasteiger partial charge on any atom is 0.159 e. The quantitative estimate of drug-likeness (QED) is 0.875. The summed E-state index contributed by atoms with van der Waals surface area (Å²) < 4.78 is 31.0. The predicted octanol–water partition coefficient (Wildman–Crippen LogP) is 2.62. The minimum Gasteiger partial charge on any atom is -0.381 e. The molecule has 0 aromatic heterocycles. The molecule has 1 N–H and O–H groups in total. The molecule has 94 valence electrons. The molecule has 0 spiro atoms. The standard InChI is InChI=1S/C13H17F2NO/c1-17-11-4-3-10(7-11)16-8-9-2-5-12(14)13(15)6-9/h2,5-6,10-11,16H,3-4,7-8H2,1H3. The van der Waals surface area contributed by atoms with E-state index in [1.165, 1.54) is 12.1 Å². The first-order valence-electron chi connectivity index (χ1n) is 5.89. The second-order valence-electron chi connectivity index (χ2n) is 4.50. The van der Waals surface area contributed by atoms with Crippen molar-refractivity contribution in [2.24, 2.45) is 0 Å². The number of benzene rings is 1. The summed E-state index contributed by atoms with van der Waals surface area (Å²) in [6, 6.07) is 4.42. The molecular formula is C13H17F2NO. The summed E-state index contributed by atoms with van der Waals surface area (Å²) in [5.74, 6) is -1.58. The largest absolute Gasteiger partial charge is 0.381 e. The van der Waals surface area contributed by atoms with E-state index in [1.54, 1.807) is 13.2 Å². The van der Waals surface area contributed by atoms with Gasteiger partial charge in [0.1, 0.15) is 0 Å². The molecule has 0 amide bonds. The van der Waals surface area contributed by atoms with Crippen molar-refractivity contribution in [1.82, 2.24) is 5.32 Å². The van der Waals surface area contributed by atoms with Gasteiger partial charge in [0, 0.05) is 19.7 Å². The number of hydrogen-bond acceptors (Lipinski definition) is 2. The Labute approximate surface area is 100.0 Å². The first kappa shape index (κ1) is 12.5. The Morgan fingerprint density at radius 3 is 2.76 bits per heavy atom. The van der Waals surface area contributed by atoms with Crippen molar-refractivity contribution in [1.29, 1.82) is 0 Å². The number of hydrogen-bond donors (Lipinski definition) is 1. The van der Waals surface area contributed by atoms with Crippen LogP contribution in [-0.2, 0) is 11.3 Å². The Hall–Kier alpha value is -1.00. The molecule has 0 aliphatic heterocycles. The minimum absolute atomic E-state index is 0.331. The third-order valence-electron chi connectivity index (χ3n) is 3.30. The van der Waals surface area contributed by atoms with Gasteiger partial charge in [0.15, 0.2) is 11.6 Å². The van der Waals surface area contributed by atoms with Gasteiger partial charge in [-0.15, -0.1) is 0 Å². The van der Waals surface area contributed by atoms with E-state index in [0.717, 1.165) is 24.8 Å². The molecule has 4 heteroatoms. The van der Waals surface area contributed by atoms with Crippen molar-refractivity contribution < 1.29 is 13.5 Å².